The summed E-state index contributed by atoms with van der Waals surface area (Å²) in [6, 6.07) is 14.3. The highest BCUT2D eigenvalue weighted by Crippen LogP contribution is 2.30. The predicted octanol–water partition coefficient (Wildman–Crippen LogP) is 2.72. The quantitative estimate of drug-likeness (QED) is 0.240. The van der Waals surface area contributed by atoms with Crippen LogP contribution in [-0.2, 0) is 19.1 Å². The zero-order valence-corrected chi connectivity index (χ0v) is 24.8. The molecule has 0 aromatic heterocycles. The fraction of sp³-hybridized carbons (Fsp3) is 0.484. The van der Waals surface area contributed by atoms with Crippen LogP contribution in [0.2, 0.25) is 0 Å². The molecule has 0 unspecified atom stereocenters. The van der Waals surface area contributed by atoms with Crippen molar-refractivity contribution in [2.45, 2.75) is 64.3 Å². The van der Waals surface area contributed by atoms with Crippen LogP contribution in [0.4, 0.5) is 4.79 Å². The number of carbonyl (C=O) groups is 4. The maximum Gasteiger partial charge on any atom is 0.407 e. The highest BCUT2D eigenvalue weighted by Gasteiger charge is 2.29. The molecular formula is C31H43N5O6. The summed E-state index contributed by atoms with van der Waals surface area (Å²) < 4.78 is 5.31. The summed E-state index contributed by atoms with van der Waals surface area (Å²) in [7, 11) is 0. The van der Waals surface area contributed by atoms with Crippen LogP contribution >= 0.6 is 0 Å². The third kappa shape index (κ3) is 10.5. The van der Waals surface area contributed by atoms with E-state index in [0.717, 1.165) is 32.0 Å². The molecule has 0 radical (unpaired) electrons. The van der Waals surface area contributed by atoms with Crippen LogP contribution in [0.1, 0.15) is 52.1 Å². The number of hydrogen-bond acceptors (Lipinski definition) is 7. The van der Waals surface area contributed by atoms with E-state index < -0.39 is 35.5 Å². The Morgan fingerprint density at radius 3 is 2.40 bits per heavy atom. The molecule has 42 heavy (non-hydrogen) atoms. The average molecular weight is 582 g/mol. The lowest BCUT2D eigenvalue weighted by atomic mass is 9.96. The van der Waals surface area contributed by atoms with Crippen molar-refractivity contribution in [3.63, 3.8) is 0 Å². The number of likely N-dealkylation sites (tertiary alicyclic amines) is 1. The van der Waals surface area contributed by atoms with Gasteiger partial charge in [-0.05, 0) is 56.9 Å². The second kappa shape index (κ2) is 15.3. The van der Waals surface area contributed by atoms with Gasteiger partial charge in [0, 0.05) is 44.3 Å². The van der Waals surface area contributed by atoms with Crippen LogP contribution in [0.15, 0.2) is 54.6 Å². The summed E-state index contributed by atoms with van der Waals surface area (Å²) in [5.74, 6) is -2.01. The summed E-state index contributed by atoms with van der Waals surface area (Å²) >= 11 is 0. The van der Waals surface area contributed by atoms with Gasteiger partial charge in [0.2, 0.25) is 11.8 Å². The van der Waals surface area contributed by atoms with E-state index in [9.17, 15) is 19.2 Å². The Balaban J connectivity index is 1.57. The van der Waals surface area contributed by atoms with Crippen molar-refractivity contribution in [3.8, 4) is 0 Å². The van der Waals surface area contributed by atoms with Gasteiger partial charge in [0.15, 0.2) is 0 Å². The molecule has 2 atom stereocenters. The normalized spacial score (nSPS) is 16.1. The number of alkyl carbamates (subject to hydrolysis) is 1. The Kier molecular flexibility index (Phi) is 11.9. The molecule has 1 saturated heterocycles. The second-order valence-electron chi connectivity index (χ2n) is 11.4. The smallest absolute Gasteiger partial charge is 0.407 e. The number of fused-ring (bicyclic) bond motifs is 1. The van der Waals surface area contributed by atoms with Gasteiger partial charge in [-0.1, -0.05) is 48.5 Å². The van der Waals surface area contributed by atoms with Crippen molar-refractivity contribution in [2.24, 2.45) is 0 Å². The number of amides is 3. The van der Waals surface area contributed by atoms with Gasteiger partial charge >= 0.3 is 12.1 Å². The van der Waals surface area contributed by atoms with Gasteiger partial charge in [-0.15, -0.1) is 0 Å². The topological polar surface area (TPSA) is 149 Å². The summed E-state index contributed by atoms with van der Waals surface area (Å²) in [6.45, 7) is 8.88. The zero-order valence-electron chi connectivity index (χ0n) is 24.8. The standard InChI is InChI=1S/C31H43N5O6/c1-21(24-12-7-10-22-9-5-6-11-25(22)24)36-17-14-23(15-18-36)35-26(19-34-30(41)42-31(2,3)4)29(40)33-20-27(37)32-16-8-13-28(38)39/h5-13,21,23,26,35H,14-20H2,1-4H3,(H,32,37)(H,33,40)(H,34,41)(H,38,39)/b13-8+/t21-,26+/m1/s1. The Bertz CT molecular complexity index is 1260. The van der Waals surface area contributed by atoms with Crippen LogP contribution in [-0.4, -0.2) is 84.3 Å². The molecule has 1 aliphatic rings. The average Bonchev–Trinajstić information content (AvgIpc) is 2.95. The molecule has 1 aliphatic heterocycles. The molecule has 11 nitrogen and oxygen atoms in total. The number of nitrogens with zero attached hydrogens (tertiary/aromatic N) is 1. The van der Waals surface area contributed by atoms with Crippen molar-refractivity contribution in [2.75, 3.05) is 32.7 Å². The molecule has 0 saturated carbocycles. The first kappa shape index (κ1) is 32.6. The maximum atomic E-state index is 13.1. The lowest BCUT2D eigenvalue weighted by molar-refractivity contribution is -0.131. The Morgan fingerprint density at radius 1 is 1.02 bits per heavy atom. The number of piperidine rings is 1. The number of rotatable bonds is 12. The van der Waals surface area contributed by atoms with E-state index in [2.05, 4.69) is 69.5 Å². The van der Waals surface area contributed by atoms with E-state index in [1.54, 1.807) is 20.8 Å². The first-order valence-electron chi connectivity index (χ1n) is 14.3. The van der Waals surface area contributed by atoms with E-state index >= 15 is 0 Å². The maximum absolute atomic E-state index is 13.1. The third-order valence-corrected chi connectivity index (χ3v) is 7.05. The zero-order chi connectivity index (χ0) is 30.7. The molecule has 2 aromatic rings. The van der Waals surface area contributed by atoms with Gasteiger partial charge in [-0.3, -0.25) is 14.5 Å². The molecular weight excluding hydrogens is 538 g/mol. The lowest BCUT2D eigenvalue weighted by Crippen LogP contribution is -2.57. The van der Waals surface area contributed by atoms with E-state index in [1.165, 1.54) is 22.4 Å². The van der Waals surface area contributed by atoms with E-state index in [0.29, 0.717) is 0 Å². The molecule has 5 N–H and O–H groups in total. The summed E-state index contributed by atoms with van der Waals surface area (Å²) in [6.07, 6.45) is 3.20. The van der Waals surface area contributed by atoms with Crippen LogP contribution in [0.3, 0.4) is 0 Å². The first-order chi connectivity index (χ1) is 19.9. The molecule has 1 heterocycles. The van der Waals surface area contributed by atoms with Crippen molar-refractivity contribution in [3.05, 3.63) is 60.2 Å². The van der Waals surface area contributed by atoms with Gasteiger partial charge in [-0.25, -0.2) is 9.59 Å². The minimum absolute atomic E-state index is 0.0175. The van der Waals surface area contributed by atoms with Crippen molar-refractivity contribution in [1.29, 1.82) is 0 Å². The van der Waals surface area contributed by atoms with Crippen molar-refractivity contribution in [1.82, 2.24) is 26.2 Å². The number of carboxylic acids is 1. The first-order valence-corrected chi connectivity index (χ1v) is 14.3. The fourth-order valence-corrected chi connectivity index (χ4v) is 4.96. The lowest BCUT2D eigenvalue weighted by Gasteiger charge is -2.38. The number of ether oxygens (including phenoxy) is 1. The highest BCUT2D eigenvalue weighted by molar-refractivity contribution is 5.88. The van der Waals surface area contributed by atoms with E-state index in [-0.39, 0.29) is 31.7 Å². The van der Waals surface area contributed by atoms with E-state index in [1.807, 2.05) is 6.07 Å². The van der Waals surface area contributed by atoms with Gasteiger partial charge in [0.25, 0.3) is 0 Å². The monoisotopic (exact) mass is 581 g/mol. The van der Waals surface area contributed by atoms with Gasteiger partial charge in [0.1, 0.15) is 11.6 Å². The van der Waals surface area contributed by atoms with Crippen LogP contribution in [0, 0.1) is 0 Å². The molecule has 1 fully saturated rings. The molecule has 3 amide bonds. The molecule has 3 rings (SSSR count). The minimum atomic E-state index is -1.11. The van der Waals surface area contributed by atoms with Crippen LogP contribution < -0.4 is 21.3 Å². The molecule has 0 aliphatic carbocycles. The van der Waals surface area contributed by atoms with Crippen molar-refractivity contribution >= 4 is 34.6 Å². The largest absolute Gasteiger partial charge is 0.478 e. The van der Waals surface area contributed by atoms with Crippen molar-refractivity contribution < 1.29 is 29.0 Å². The van der Waals surface area contributed by atoms with Crippen LogP contribution in [0.5, 0.6) is 0 Å². The number of aliphatic carboxylic acids is 1. The van der Waals surface area contributed by atoms with E-state index in [4.69, 9.17) is 9.84 Å². The second-order valence-corrected chi connectivity index (χ2v) is 11.4. The number of hydrogen-bond donors (Lipinski definition) is 5. The Morgan fingerprint density at radius 2 is 1.71 bits per heavy atom. The summed E-state index contributed by atoms with van der Waals surface area (Å²) in [4.78, 5) is 50.4. The minimum Gasteiger partial charge on any atom is -0.478 e. The Labute approximate surface area is 247 Å². The predicted molar refractivity (Wildman–Crippen MR) is 161 cm³/mol. The molecule has 11 heteroatoms. The molecule has 0 bridgehead atoms. The Hall–Kier alpha value is -3.96. The number of benzene rings is 2. The summed E-state index contributed by atoms with van der Waals surface area (Å²) in [5, 5.41) is 22.2. The number of carboxylic acid groups (broad SMARTS) is 1. The molecule has 2 aromatic carbocycles. The highest BCUT2D eigenvalue weighted by atomic mass is 16.6. The SMILES string of the molecule is C[C@H](c1cccc2ccccc12)N1CCC(N[C@@H](CNC(=O)OC(C)(C)C)C(=O)NCC(=O)NC/C=C/C(=O)O)CC1. The number of carbonyl (C=O) groups excluding carboxylic acids is 3. The van der Waals surface area contributed by atoms with Gasteiger partial charge in [-0.2, -0.15) is 0 Å². The van der Waals surface area contributed by atoms with Crippen LogP contribution in [0.25, 0.3) is 10.8 Å². The number of nitrogens with one attached hydrogen (secondary N) is 4. The molecule has 228 valence electrons. The molecule has 0 spiro atoms. The van der Waals surface area contributed by atoms with Gasteiger partial charge in [0.05, 0.1) is 6.54 Å². The van der Waals surface area contributed by atoms with Gasteiger partial charge < -0.3 is 31.1 Å². The third-order valence-electron chi connectivity index (χ3n) is 7.05. The summed E-state index contributed by atoms with van der Waals surface area (Å²) in [5.41, 5.74) is 0.603. The fourth-order valence-electron chi connectivity index (χ4n) is 4.96.